The van der Waals surface area contributed by atoms with Gasteiger partial charge in [0.1, 0.15) is 6.26 Å². The Morgan fingerprint density at radius 2 is 2.67 bits per heavy atom. The van der Waals surface area contributed by atoms with Gasteiger partial charge in [-0.15, -0.1) is 18.3 Å². The van der Waals surface area contributed by atoms with Crippen molar-refractivity contribution in [2.75, 3.05) is 5.75 Å². The molecule has 1 aromatic heterocycles. The van der Waals surface area contributed by atoms with E-state index in [1.54, 1.807) is 24.3 Å². The van der Waals surface area contributed by atoms with E-state index in [9.17, 15) is 0 Å². The van der Waals surface area contributed by atoms with Crippen LogP contribution in [0.4, 0.5) is 0 Å². The van der Waals surface area contributed by atoms with Gasteiger partial charge in [0.2, 0.25) is 0 Å². The summed E-state index contributed by atoms with van der Waals surface area (Å²) in [7, 11) is 0. The fraction of sp³-hybridized carbons (Fsp3) is 0.143. The molecular weight excluding hydrogens is 132 g/mol. The van der Waals surface area contributed by atoms with E-state index in [2.05, 4.69) is 6.58 Å². The molecule has 1 rings (SSSR count). The zero-order chi connectivity index (χ0) is 6.53. The maximum absolute atomic E-state index is 4.86. The van der Waals surface area contributed by atoms with Crippen molar-refractivity contribution in [2.45, 2.75) is 4.90 Å². The van der Waals surface area contributed by atoms with Crippen LogP contribution in [0.5, 0.6) is 0 Å². The van der Waals surface area contributed by atoms with Crippen LogP contribution in [0.15, 0.2) is 40.6 Å². The fourth-order valence-corrected chi connectivity index (χ4v) is 1.07. The lowest BCUT2D eigenvalue weighted by Crippen LogP contribution is -1.65. The molecule has 0 fully saturated rings. The van der Waals surface area contributed by atoms with E-state index < -0.39 is 0 Å². The fourth-order valence-electron chi connectivity index (χ4n) is 0.489. The van der Waals surface area contributed by atoms with Crippen molar-refractivity contribution in [1.82, 2.24) is 0 Å². The first-order chi connectivity index (χ1) is 4.43. The largest absolute Gasteiger partial charge is 0.471 e. The summed E-state index contributed by atoms with van der Waals surface area (Å²) < 4.78 is 4.86. The first-order valence-corrected chi connectivity index (χ1v) is 3.68. The zero-order valence-corrected chi connectivity index (χ0v) is 5.86. The Labute approximate surface area is 58.8 Å². The van der Waals surface area contributed by atoms with E-state index in [0.717, 1.165) is 10.6 Å². The lowest BCUT2D eigenvalue weighted by molar-refractivity contribution is 0.562. The molecule has 9 heavy (non-hydrogen) atoms. The van der Waals surface area contributed by atoms with Gasteiger partial charge >= 0.3 is 0 Å². The van der Waals surface area contributed by atoms with Crippen LogP contribution in [-0.4, -0.2) is 5.75 Å². The summed E-state index contributed by atoms with van der Waals surface area (Å²) in [4.78, 5) is 1.16. The van der Waals surface area contributed by atoms with Crippen molar-refractivity contribution >= 4 is 11.8 Å². The van der Waals surface area contributed by atoms with Gasteiger partial charge < -0.3 is 4.42 Å². The second-order valence-electron chi connectivity index (χ2n) is 1.56. The van der Waals surface area contributed by atoms with Gasteiger partial charge in [-0.05, 0) is 6.07 Å². The number of thioether (sulfide) groups is 1. The molecule has 0 saturated carbocycles. The van der Waals surface area contributed by atoms with Gasteiger partial charge in [-0.25, -0.2) is 0 Å². The number of hydrogen-bond donors (Lipinski definition) is 0. The Hall–Kier alpha value is -0.630. The molecule has 0 aromatic carbocycles. The van der Waals surface area contributed by atoms with Crippen molar-refractivity contribution in [3.8, 4) is 0 Å². The molecule has 0 unspecified atom stereocenters. The van der Waals surface area contributed by atoms with Crippen LogP contribution >= 0.6 is 11.8 Å². The van der Waals surface area contributed by atoms with Crippen molar-refractivity contribution in [3.05, 3.63) is 31.2 Å². The maximum Gasteiger partial charge on any atom is 0.104 e. The molecule has 1 nitrogen and oxygen atoms in total. The van der Waals surface area contributed by atoms with E-state index in [-0.39, 0.29) is 0 Å². The third-order valence-electron chi connectivity index (χ3n) is 0.863. The lowest BCUT2D eigenvalue weighted by atomic mass is 10.7. The molecule has 2 heteroatoms. The molecule has 0 radical (unpaired) electrons. The highest BCUT2D eigenvalue weighted by Gasteiger charge is 1.89. The molecule has 0 N–H and O–H groups in total. The van der Waals surface area contributed by atoms with E-state index in [1.165, 1.54) is 0 Å². The van der Waals surface area contributed by atoms with Crippen LogP contribution in [0.1, 0.15) is 0 Å². The second kappa shape index (κ2) is 3.41. The standard InChI is InChI=1S/C7H8OS/c1-2-5-9-7-3-4-8-6-7/h2-4,6H,1,5H2. The average molecular weight is 140 g/mol. The van der Waals surface area contributed by atoms with Crippen molar-refractivity contribution < 1.29 is 4.42 Å². The van der Waals surface area contributed by atoms with Gasteiger partial charge in [-0.3, -0.25) is 0 Å². The molecule has 1 aromatic rings. The maximum atomic E-state index is 4.86. The Bertz CT molecular complexity index is 167. The van der Waals surface area contributed by atoms with Crippen LogP contribution in [0.2, 0.25) is 0 Å². The first-order valence-electron chi connectivity index (χ1n) is 2.69. The Kier molecular flexibility index (Phi) is 2.46. The highest BCUT2D eigenvalue weighted by Crippen LogP contribution is 2.16. The zero-order valence-electron chi connectivity index (χ0n) is 5.04. The molecule has 0 aliphatic carbocycles. The number of rotatable bonds is 3. The predicted octanol–water partition coefficient (Wildman–Crippen LogP) is 2.56. The van der Waals surface area contributed by atoms with Crippen LogP contribution in [0.25, 0.3) is 0 Å². The smallest absolute Gasteiger partial charge is 0.104 e. The molecule has 1 heterocycles. The van der Waals surface area contributed by atoms with Gasteiger partial charge in [0.25, 0.3) is 0 Å². The molecule has 0 aliphatic rings. The lowest BCUT2D eigenvalue weighted by Gasteiger charge is -1.86. The quantitative estimate of drug-likeness (QED) is 0.473. The summed E-state index contributed by atoms with van der Waals surface area (Å²) in [5, 5.41) is 0. The predicted molar refractivity (Wildman–Crippen MR) is 39.6 cm³/mol. The third-order valence-corrected chi connectivity index (χ3v) is 1.83. The monoisotopic (exact) mass is 140 g/mol. The first kappa shape index (κ1) is 6.49. The SMILES string of the molecule is C=CCSc1ccoc1. The van der Waals surface area contributed by atoms with Gasteiger partial charge in [-0.2, -0.15) is 0 Å². The normalized spacial score (nSPS) is 9.33. The van der Waals surface area contributed by atoms with Gasteiger partial charge in [0.15, 0.2) is 0 Å². The van der Waals surface area contributed by atoms with Crippen molar-refractivity contribution in [2.24, 2.45) is 0 Å². The van der Waals surface area contributed by atoms with Gasteiger partial charge in [0.05, 0.1) is 6.26 Å². The van der Waals surface area contributed by atoms with E-state index in [0.29, 0.717) is 0 Å². The Balaban J connectivity index is 2.38. The van der Waals surface area contributed by atoms with Crippen molar-refractivity contribution in [1.29, 1.82) is 0 Å². The summed E-state index contributed by atoms with van der Waals surface area (Å²) in [6.45, 7) is 3.61. The minimum atomic E-state index is 0.944. The summed E-state index contributed by atoms with van der Waals surface area (Å²) in [5.74, 6) is 0.944. The molecular formula is C7H8OS. The minimum Gasteiger partial charge on any atom is -0.471 e. The Morgan fingerprint density at radius 1 is 1.78 bits per heavy atom. The molecule has 0 atom stereocenters. The second-order valence-corrected chi connectivity index (χ2v) is 2.65. The highest BCUT2D eigenvalue weighted by atomic mass is 32.2. The van der Waals surface area contributed by atoms with E-state index in [4.69, 9.17) is 4.42 Å². The van der Waals surface area contributed by atoms with Crippen molar-refractivity contribution in [3.63, 3.8) is 0 Å². The van der Waals surface area contributed by atoms with Crippen LogP contribution < -0.4 is 0 Å². The van der Waals surface area contributed by atoms with Gasteiger partial charge in [-0.1, -0.05) is 6.08 Å². The van der Waals surface area contributed by atoms with Crippen LogP contribution in [0, 0.1) is 0 Å². The number of hydrogen-bond acceptors (Lipinski definition) is 2. The molecule has 0 saturated heterocycles. The van der Waals surface area contributed by atoms with Gasteiger partial charge in [0, 0.05) is 10.6 Å². The van der Waals surface area contributed by atoms with E-state index >= 15 is 0 Å². The summed E-state index contributed by atoms with van der Waals surface area (Å²) in [6.07, 6.45) is 5.28. The minimum absolute atomic E-state index is 0.944. The highest BCUT2D eigenvalue weighted by molar-refractivity contribution is 7.99. The molecule has 0 amide bonds. The van der Waals surface area contributed by atoms with E-state index in [1.807, 2.05) is 12.1 Å². The van der Waals surface area contributed by atoms with Crippen LogP contribution in [-0.2, 0) is 0 Å². The summed E-state index contributed by atoms with van der Waals surface area (Å²) in [5.41, 5.74) is 0. The molecule has 0 bridgehead atoms. The summed E-state index contributed by atoms with van der Waals surface area (Å²) in [6, 6.07) is 1.94. The number of furan rings is 1. The summed E-state index contributed by atoms with van der Waals surface area (Å²) >= 11 is 1.72. The Morgan fingerprint density at radius 3 is 3.22 bits per heavy atom. The third kappa shape index (κ3) is 1.98. The van der Waals surface area contributed by atoms with Crippen LogP contribution in [0.3, 0.4) is 0 Å². The average Bonchev–Trinajstić information content (AvgIpc) is 2.34. The molecule has 0 aliphatic heterocycles. The topological polar surface area (TPSA) is 13.1 Å². The molecule has 48 valence electrons. The molecule has 0 spiro atoms.